The Morgan fingerprint density at radius 3 is 2.66 bits per heavy atom. The van der Waals surface area contributed by atoms with Crippen molar-refractivity contribution in [1.29, 1.82) is 0 Å². The van der Waals surface area contributed by atoms with Crippen molar-refractivity contribution in [2.45, 2.75) is 51.2 Å². The number of aromatic nitrogens is 3. The van der Waals surface area contributed by atoms with E-state index in [1.54, 1.807) is 50.4 Å². The van der Waals surface area contributed by atoms with Gasteiger partial charge in [-0.2, -0.15) is 0 Å². The molecule has 5 rings (SSSR count). The van der Waals surface area contributed by atoms with Crippen molar-refractivity contribution in [3.8, 4) is 5.75 Å². The van der Waals surface area contributed by atoms with Crippen molar-refractivity contribution in [1.82, 2.24) is 20.3 Å². The fourth-order valence-corrected chi connectivity index (χ4v) is 4.99. The van der Waals surface area contributed by atoms with Crippen LogP contribution in [0.15, 0.2) is 66.7 Å². The Morgan fingerprint density at radius 1 is 1.11 bits per heavy atom. The first kappa shape index (κ1) is 25.4. The number of amides is 2. The third-order valence-corrected chi connectivity index (χ3v) is 7.03. The Labute approximate surface area is 220 Å². The summed E-state index contributed by atoms with van der Waals surface area (Å²) in [5, 5.41) is 11.4. The lowest BCUT2D eigenvalue weighted by molar-refractivity contribution is -0.127. The number of anilines is 1. The van der Waals surface area contributed by atoms with Crippen molar-refractivity contribution >= 4 is 28.5 Å². The second-order valence-corrected chi connectivity index (χ2v) is 9.60. The molecular formula is C29H30FN5O3. The van der Waals surface area contributed by atoms with Crippen LogP contribution in [-0.4, -0.2) is 40.0 Å². The molecule has 1 aliphatic rings. The molecule has 1 N–H and O–H groups in total. The van der Waals surface area contributed by atoms with Gasteiger partial charge in [0.1, 0.15) is 29.7 Å². The molecule has 1 heterocycles. The van der Waals surface area contributed by atoms with Crippen molar-refractivity contribution in [2.75, 3.05) is 12.0 Å². The monoisotopic (exact) mass is 515 g/mol. The average Bonchev–Trinajstić information content (AvgIpc) is 3.59. The molecule has 0 bridgehead atoms. The van der Waals surface area contributed by atoms with Crippen LogP contribution in [-0.2, 0) is 16.1 Å². The SMILES string of the molecule is COc1cccc([C@@H](C(=O)NC2CCCC2)N(C(=O)Cn2nnc3ccccc32)c2ccc(C)c(F)c2)c1. The number of rotatable bonds is 8. The molecule has 0 saturated heterocycles. The molecule has 1 atom stereocenters. The molecule has 0 spiro atoms. The van der Waals surface area contributed by atoms with Crippen LogP contribution >= 0.6 is 0 Å². The number of nitrogens with zero attached hydrogens (tertiary/aromatic N) is 4. The minimum absolute atomic E-state index is 0.0292. The summed E-state index contributed by atoms with van der Waals surface area (Å²) in [5.41, 5.74) is 2.60. The topological polar surface area (TPSA) is 89.4 Å². The van der Waals surface area contributed by atoms with Gasteiger partial charge >= 0.3 is 0 Å². The number of methoxy groups -OCH3 is 1. The molecule has 1 saturated carbocycles. The number of hydrogen-bond acceptors (Lipinski definition) is 5. The number of benzene rings is 3. The van der Waals surface area contributed by atoms with E-state index in [9.17, 15) is 14.0 Å². The predicted molar refractivity (Wildman–Crippen MR) is 142 cm³/mol. The quantitative estimate of drug-likeness (QED) is 0.367. The molecule has 2 amide bonds. The summed E-state index contributed by atoms with van der Waals surface area (Å²) in [6, 6.07) is 17.9. The summed E-state index contributed by atoms with van der Waals surface area (Å²) < 4.78 is 21.7. The normalized spacial score (nSPS) is 14.4. The second kappa shape index (κ2) is 11.0. The number of ether oxygens (including phenoxy) is 1. The Hall–Kier alpha value is -4.27. The van der Waals surface area contributed by atoms with Gasteiger partial charge in [-0.05, 0) is 67.3 Å². The van der Waals surface area contributed by atoms with Crippen LogP contribution in [0.1, 0.15) is 42.9 Å². The van der Waals surface area contributed by atoms with Gasteiger partial charge in [0.2, 0.25) is 11.8 Å². The molecule has 1 aromatic heterocycles. The van der Waals surface area contributed by atoms with Gasteiger partial charge in [0.25, 0.3) is 0 Å². The largest absolute Gasteiger partial charge is 0.497 e. The highest BCUT2D eigenvalue weighted by molar-refractivity contribution is 6.01. The Balaban J connectivity index is 1.60. The van der Waals surface area contributed by atoms with Gasteiger partial charge in [0.15, 0.2) is 0 Å². The first-order valence-corrected chi connectivity index (χ1v) is 12.8. The number of hydrogen-bond donors (Lipinski definition) is 1. The Morgan fingerprint density at radius 2 is 1.89 bits per heavy atom. The molecule has 8 nitrogen and oxygen atoms in total. The van der Waals surface area contributed by atoms with Crippen LogP contribution in [0.2, 0.25) is 0 Å². The maximum Gasteiger partial charge on any atom is 0.249 e. The van der Waals surface area contributed by atoms with Crippen LogP contribution in [0.4, 0.5) is 10.1 Å². The number of carbonyl (C=O) groups excluding carboxylic acids is 2. The third kappa shape index (κ3) is 5.22. The number of para-hydroxylation sites is 1. The minimum atomic E-state index is -1.06. The van der Waals surface area contributed by atoms with Crippen LogP contribution in [0, 0.1) is 12.7 Å². The molecule has 9 heteroatoms. The molecule has 3 aromatic carbocycles. The first-order valence-electron chi connectivity index (χ1n) is 12.8. The van der Waals surface area contributed by atoms with Crippen molar-refractivity contribution < 1.29 is 18.7 Å². The van der Waals surface area contributed by atoms with E-state index in [1.165, 1.54) is 15.6 Å². The van der Waals surface area contributed by atoms with Gasteiger partial charge in [0, 0.05) is 11.7 Å². The second-order valence-electron chi connectivity index (χ2n) is 9.60. The number of carbonyl (C=O) groups is 2. The molecule has 4 aromatic rings. The Bertz CT molecular complexity index is 1460. The molecular weight excluding hydrogens is 485 g/mol. The zero-order chi connectivity index (χ0) is 26.6. The number of fused-ring (bicyclic) bond motifs is 1. The summed E-state index contributed by atoms with van der Waals surface area (Å²) in [6.07, 6.45) is 3.85. The van der Waals surface area contributed by atoms with E-state index < -0.39 is 17.8 Å². The van der Waals surface area contributed by atoms with E-state index in [-0.39, 0.29) is 24.2 Å². The number of nitrogens with one attached hydrogen (secondary N) is 1. The fraction of sp³-hybridized carbons (Fsp3) is 0.310. The van der Waals surface area contributed by atoms with E-state index in [4.69, 9.17) is 4.74 Å². The first-order chi connectivity index (χ1) is 18.4. The lowest BCUT2D eigenvalue weighted by Crippen LogP contribution is -2.47. The van der Waals surface area contributed by atoms with Crippen LogP contribution in [0.3, 0.4) is 0 Å². The van der Waals surface area contributed by atoms with Gasteiger partial charge in [-0.25, -0.2) is 9.07 Å². The van der Waals surface area contributed by atoms with Crippen molar-refractivity contribution in [3.05, 3.63) is 83.7 Å². The molecule has 1 aliphatic carbocycles. The van der Waals surface area contributed by atoms with Gasteiger partial charge < -0.3 is 10.1 Å². The molecule has 0 aliphatic heterocycles. The van der Waals surface area contributed by atoms with E-state index in [0.29, 0.717) is 27.9 Å². The van der Waals surface area contributed by atoms with Gasteiger partial charge in [-0.3, -0.25) is 14.5 Å². The number of halogens is 1. The maximum atomic E-state index is 14.8. The predicted octanol–water partition coefficient (Wildman–Crippen LogP) is 4.72. The zero-order valence-electron chi connectivity index (χ0n) is 21.4. The standard InChI is InChI=1S/C29H30FN5O3/c1-19-14-15-22(17-24(19)30)35(27(36)18-34-26-13-6-5-12-25(26)32-33-34)28(20-8-7-11-23(16-20)38-2)29(37)31-21-9-3-4-10-21/h5-8,11-17,21,28H,3-4,9-10,18H2,1-2H3,(H,31,37)/t28-/m0/s1. The van der Waals surface area contributed by atoms with Crippen molar-refractivity contribution in [3.63, 3.8) is 0 Å². The molecule has 1 fully saturated rings. The Kier molecular flexibility index (Phi) is 7.35. The zero-order valence-corrected chi connectivity index (χ0v) is 21.4. The molecule has 0 radical (unpaired) electrons. The third-order valence-electron chi connectivity index (χ3n) is 7.03. The van der Waals surface area contributed by atoms with Gasteiger partial charge in [0.05, 0.1) is 12.6 Å². The van der Waals surface area contributed by atoms with Crippen LogP contribution in [0.5, 0.6) is 5.75 Å². The lowest BCUT2D eigenvalue weighted by atomic mass is 10.0. The van der Waals surface area contributed by atoms with E-state index in [1.807, 2.05) is 24.3 Å². The fourth-order valence-electron chi connectivity index (χ4n) is 4.99. The molecule has 196 valence electrons. The number of aryl methyl sites for hydroxylation is 1. The highest BCUT2D eigenvalue weighted by Crippen LogP contribution is 2.32. The van der Waals surface area contributed by atoms with E-state index in [2.05, 4.69) is 15.6 Å². The smallest absolute Gasteiger partial charge is 0.249 e. The minimum Gasteiger partial charge on any atom is -0.497 e. The highest BCUT2D eigenvalue weighted by atomic mass is 19.1. The lowest BCUT2D eigenvalue weighted by Gasteiger charge is -2.32. The molecule has 0 unspecified atom stereocenters. The van der Waals surface area contributed by atoms with E-state index in [0.717, 1.165) is 25.7 Å². The summed E-state index contributed by atoms with van der Waals surface area (Å²) in [4.78, 5) is 29.3. The van der Waals surface area contributed by atoms with E-state index >= 15 is 0 Å². The summed E-state index contributed by atoms with van der Waals surface area (Å²) in [5.74, 6) is -0.681. The summed E-state index contributed by atoms with van der Waals surface area (Å²) in [6.45, 7) is 1.46. The highest BCUT2D eigenvalue weighted by Gasteiger charge is 2.35. The van der Waals surface area contributed by atoms with Gasteiger partial charge in [-0.1, -0.05) is 48.4 Å². The molecule has 38 heavy (non-hydrogen) atoms. The maximum absolute atomic E-state index is 14.8. The summed E-state index contributed by atoms with van der Waals surface area (Å²) >= 11 is 0. The summed E-state index contributed by atoms with van der Waals surface area (Å²) in [7, 11) is 1.54. The van der Waals surface area contributed by atoms with Crippen LogP contribution < -0.4 is 15.0 Å². The van der Waals surface area contributed by atoms with Crippen molar-refractivity contribution in [2.24, 2.45) is 0 Å². The van der Waals surface area contributed by atoms with Gasteiger partial charge in [-0.15, -0.1) is 5.10 Å². The van der Waals surface area contributed by atoms with Crippen LogP contribution in [0.25, 0.3) is 11.0 Å². The average molecular weight is 516 g/mol.